The van der Waals surface area contributed by atoms with Crippen LogP contribution in [0, 0.1) is 0 Å². The third kappa shape index (κ3) is 4.62. The lowest BCUT2D eigenvalue weighted by Gasteiger charge is -2.31. The minimum atomic E-state index is -0.132. The molecule has 268 valence electrons. The van der Waals surface area contributed by atoms with Gasteiger partial charge in [0.15, 0.2) is 0 Å². The lowest BCUT2D eigenvalue weighted by molar-refractivity contribution is 0.660. The summed E-state index contributed by atoms with van der Waals surface area (Å²) in [4.78, 5) is 2.52. The molecule has 0 saturated heterocycles. The first-order valence-corrected chi connectivity index (χ1v) is 19.7. The molecule has 9 aromatic rings. The molecule has 0 amide bonds. The Morgan fingerprint density at radius 2 is 0.911 bits per heavy atom. The second-order valence-corrected chi connectivity index (χ2v) is 16.5. The summed E-state index contributed by atoms with van der Waals surface area (Å²) >= 11 is 0. The van der Waals surface area contributed by atoms with Crippen LogP contribution < -0.4 is 4.90 Å². The van der Waals surface area contributed by atoms with Crippen LogP contribution in [0.25, 0.3) is 66.4 Å². The van der Waals surface area contributed by atoms with Gasteiger partial charge in [-0.3, -0.25) is 0 Å². The largest absolute Gasteiger partial charge is 0.456 e. The van der Waals surface area contributed by atoms with Crippen LogP contribution in [0.2, 0.25) is 0 Å². The summed E-state index contributed by atoms with van der Waals surface area (Å²) in [5, 5.41) is 2.27. The van der Waals surface area contributed by atoms with E-state index in [1.165, 1.54) is 61.3 Å². The fourth-order valence-corrected chi connectivity index (χ4v) is 9.94. The lowest BCUT2D eigenvalue weighted by Crippen LogP contribution is -2.16. The molecule has 11 rings (SSSR count). The van der Waals surface area contributed by atoms with Gasteiger partial charge in [-0.15, -0.1) is 0 Å². The smallest absolute Gasteiger partial charge is 0.135 e. The van der Waals surface area contributed by atoms with Crippen molar-refractivity contribution in [2.75, 3.05) is 4.90 Å². The number of hydrogen-bond acceptors (Lipinski definition) is 2. The minimum Gasteiger partial charge on any atom is -0.456 e. The average molecular weight is 720 g/mol. The van der Waals surface area contributed by atoms with Crippen molar-refractivity contribution in [3.8, 4) is 44.5 Å². The van der Waals surface area contributed by atoms with Crippen LogP contribution in [0.5, 0.6) is 0 Å². The lowest BCUT2D eigenvalue weighted by atomic mass is 9.82. The summed E-state index contributed by atoms with van der Waals surface area (Å²) in [6, 6.07) is 64.7. The Morgan fingerprint density at radius 3 is 1.70 bits per heavy atom. The predicted octanol–water partition coefficient (Wildman–Crippen LogP) is 15.0. The molecular formula is C54H41NO. The number of rotatable bonds is 5. The van der Waals surface area contributed by atoms with Gasteiger partial charge in [0.25, 0.3) is 0 Å². The van der Waals surface area contributed by atoms with Gasteiger partial charge in [-0.25, -0.2) is 0 Å². The average Bonchev–Trinajstić information content (AvgIpc) is 3.81. The molecule has 0 unspecified atom stereocenters. The second-order valence-electron chi connectivity index (χ2n) is 16.5. The number of anilines is 3. The monoisotopic (exact) mass is 719 g/mol. The van der Waals surface area contributed by atoms with Crippen LogP contribution in [0.4, 0.5) is 17.1 Å². The summed E-state index contributed by atoms with van der Waals surface area (Å²) in [7, 11) is 0. The Balaban J connectivity index is 1.17. The fourth-order valence-electron chi connectivity index (χ4n) is 9.94. The Hall–Kier alpha value is -6.64. The number of benzene rings is 8. The zero-order valence-corrected chi connectivity index (χ0v) is 32.1. The Morgan fingerprint density at radius 1 is 0.375 bits per heavy atom. The molecule has 0 bridgehead atoms. The summed E-state index contributed by atoms with van der Waals surface area (Å²) in [5.41, 5.74) is 20.5. The van der Waals surface area contributed by atoms with Gasteiger partial charge in [0, 0.05) is 38.4 Å². The highest BCUT2D eigenvalue weighted by Gasteiger charge is 2.39. The van der Waals surface area contributed by atoms with E-state index in [4.69, 9.17) is 4.42 Å². The topological polar surface area (TPSA) is 16.4 Å². The second kappa shape index (κ2) is 11.9. The predicted molar refractivity (Wildman–Crippen MR) is 234 cm³/mol. The molecule has 0 N–H and O–H groups in total. The van der Waals surface area contributed by atoms with Crippen LogP contribution >= 0.6 is 0 Å². The van der Waals surface area contributed by atoms with Crippen molar-refractivity contribution >= 4 is 39.0 Å². The van der Waals surface area contributed by atoms with Crippen molar-refractivity contribution in [2.24, 2.45) is 0 Å². The molecule has 56 heavy (non-hydrogen) atoms. The van der Waals surface area contributed by atoms with Crippen molar-refractivity contribution in [2.45, 2.75) is 38.5 Å². The molecule has 0 radical (unpaired) electrons. The van der Waals surface area contributed by atoms with Crippen molar-refractivity contribution in [1.82, 2.24) is 0 Å². The maximum absolute atomic E-state index is 6.22. The van der Waals surface area contributed by atoms with Crippen molar-refractivity contribution in [3.05, 3.63) is 198 Å². The quantitative estimate of drug-likeness (QED) is 0.176. The van der Waals surface area contributed by atoms with E-state index < -0.39 is 0 Å². The molecule has 1 heterocycles. The van der Waals surface area contributed by atoms with E-state index in [-0.39, 0.29) is 10.8 Å². The molecular weight excluding hydrogens is 679 g/mol. The fraction of sp³-hybridized carbons (Fsp3) is 0.111. The normalized spacial score (nSPS) is 14.4. The van der Waals surface area contributed by atoms with Gasteiger partial charge >= 0.3 is 0 Å². The van der Waals surface area contributed by atoms with E-state index in [9.17, 15) is 0 Å². The van der Waals surface area contributed by atoms with Crippen molar-refractivity contribution in [3.63, 3.8) is 0 Å². The number of furan rings is 1. The van der Waals surface area contributed by atoms with Crippen LogP contribution in [0.1, 0.15) is 49.9 Å². The Labute approximate surface area is 328 Å². The first-order valence-electron chi connectivity index (χ1n) is 19.7. The summed E-state index contributed by atoms with van der Waals surface area (Å²) in [6.07, 6.45) is 0. The van der Waals surface area contributed by atoms with E-state index in [1.807, 2.05) is 12.1 Å². The molecule has 0 spiro atoms. The molecule has 8 aromatic carbocycles. The number of fused-ring (bicyclic) bond motifs is 9. The molecule has 2 aliphatic rings. The van der Waals surface area contributed by atoms with Gasteiger partial charge in [-0.05, 0) is 98.1 Å². The zero-order chi connectivity index (χ0) is 37.8. The highest BCUT2D eigenvalue weighted by molar-refractivity contribution is 6.07. The van der Waals surface area contributed by atoms with E-state index >= 15 is 0 Å². The van der Waals surface area contributed by atoms with E-state index in [0.717, 1.165) is 44.4 Å². The number of para-hydroxylation sites is 2. The first-order chi connectivity index (χ1) is 27.3. The summed E-state index contributed by atoms with van der Waals surface area (Å²) in [5.74, 6) is 0. The molecule has 0 aliphatic heterocycles. The maximum Gasteiger partial charge on any atom is 0.135 e. The molecule has 2 heteroatoms. The number of hydrogen-bond donors (Lipinski definition) is 0. The van der Waals surface area contributed by atoms with E-state index in [0.29, 0.717) is 0 Å². The third-order valence-corrected chi connectivity index (χ3v) is 12.7. The van der Waals surface area contributed by atoms with Gasteiger partial charge in [0.1, 0.15) is 11.2 Å². The Bertz CT molecular complexity index is 3050. The molecule has 2 aliphatic carbocycles. The summed E-state index contributed by atoms with van der Waals surface area (Å²) in [6.45, 7) is 9.45. The SMILES string of the molecule is CC1(C)c2ccccc2-c2c(-c3ccccc3N(c3cccc(-c4ccc5oc6ccccc6c5c4)c3)c3cccc4c3-c3ccccc3C4(C)C)cccc21. The van der Waals surface area contributed by atoms with Gasteiger partial charge in [-0.2, -0.15) is 0 Å². The van der Waals surface area contributed by atoms with Crippen LogP contribution in [0.15, 0.2) is 180 Å². The molecule has 1 aromatic heterocycles. The third-order valence-electron chi connectivity index (χ3n) is 12.7. The minimum absolute atomic E-state index is 0.0954. The van der Waals surface area contributed by atoms with Gasteiger partial charge in [0.05, 0.1) is 11.4 Å². The van der Waals surface area contributed by atoms with Crippen LogP contribution in [-0.2, 0) is 10.8 Å². The molecule has 0 saturated carbocycles. The van der Waals surface area contributed by atoms with Gasteiger partial charge in [-0.1, -0.05) is 161 Å². The maximum atomic E-state index is 6.22. The molecule has 2 nitrogen and oxygen atoms in total. The summed E-state index contributed by atoms with van der Waals surface area (Å²) < 4.78 is 6.22. The van der Waals surface area contributed by atoms with Gasteiger partial charge < -0.3 is 9.32 Å². The van der Waals surface area contributed by atoms with Crippen LogP contribution in [-0.4, -0.2) is 0 Å². The molecule has 0 fully saturated rings. The van der Waals surface area contributed by atoms with Crippen molar-refractivity contribution in [1.29, 1.82) is 0 Å². The highest BCUT2D eigenvalue weighted by Crippen LogP contribution is 2.57. The highest BCUT2D eigenvalue weighted by atomic mass is 16.3. The van der Waals surface area contributed by atoms with E-state index in [2.05, 4.69) is 196 Å². The van der Waals surface area contributed by atoms with E-state index in [1.54, 1.807) is 0 Å². The standard InChI is InChI=1S/C54H41NO/c1-53(2)43-23-9-5-20-40(43)51-39(22-14-25-45(51)53)37-18-7-11-27-47(37)55(48-28-15-26-46-52(48)41-21-6-10-24-44(41)54(46,3)4)36-17-13-16-34(32-36)35-30-31-50-42(33-35)38-19-8-12-29-49(38)56-50/h5-33H,1-4H3. The van der Waals surface area contributed by atoms with Crippen molar-refractivity contribution < 1.29 is 4.42 Å². The Kier molecular flexibility index (Phi) is 6.98. The number of nitrogens with zero attached hydrogens (tertiary/aromatic N) is 1. The first kappa shape index (κ1) is 32.8. The van der Waals surface area contributed by atoms with Gasteiger partial charge in [0.2, 0.25) is 0 Å². The van der Waals surface area contributed by atoms with Crippen LogP contribution in [0.3, 0.4) is 0 Å². The molecule has 0 atom stereocenters. The zero-order valence-electron chi connectivity index (χ0n) is 32.1.